The lowest BCUT2D eigenvalue weighted by Crippen LogP contribution is -2.47. The molecule has 12 nitrogen and oxygen atoms in total. The zero-order valence-electron chi connectivity index (χ0n) is 26.0. The third kappa shape index (κ3) is 7.94. The van der Waals surface area contributed by atoms with Crippen molar-refractivity contribution < 1.29 is 58.2 Å². The fourth-order valence-corrected chi connectivity index (χ4v) is 6.28. The van der Waals surface area contributed by atoms with E-state index in [9.17, 15) is 44.0 Å². The predicted octanol–water partition coefficient (Wildman–Crippen LogP) is 4.95. The number of anilines is 2. The van der Waals surface area contributed by atoms with E-state index >= 15 is 0 Å². The molecule has 0 saturated carbocycles. The van der Waals surface area contributed by atoms with E-state index in [0.717, 1.165) is 35.7 Å². The summed E-state index contributed by atoms with van der Waals surface area (Å²) in [5, 5.41) is 2.13. The summed E-state index contributed by atoms with van der Waals surface area (Å²) in [6.07, 6.45) is -7.52. The molecule has 2 amide bonds. The molecule has 0 aromatic heterocycles. The average Bonchev–Trinajstić information content (AvgIpc) is 2.91. The van der Waals surface area contributed by atoms with Gasteiger partial charge in [-0.25, -0.2) is 26.0 Å². The molecule has 0 fully saturated rings. The third-order valence-electron chi connectivity index (χ3n) is 6.98. The number of fused-ring (bicyclic) bond motifs is 1. The van der Waals surface area contributed by atoms with Crippen LogP contribution in [-0.4, -0.2) is 65.1 Å². The summed E-state index contributed by atoms with van der Waals surface area (Å²) in [7, 11) is -7.44. The van der Waals surface area contributed by atoms with Crippen LogP contribution in [0, 0.1) is 11.7 Å². The number of hydrogen-bond donors (Lipinski definition) is 2. The third-order valence-corrected chi connectivity index (χ3v) is 10.8. The van der Waals surface area contributed by atoms with Crippen LogP contribution in [0.15, 0.2) is 41.3 Å². The van der Waals surface area contributed by atoms with Crippen molar-refractivity contribution in [2.75, 3.05) is 23.3 Å². The molecular formula is C28H35F4N3O9S2. The van der Waals surface area contributed by atoms with Crippen molar-refractivity contribution in [2.24, 2.45) is 5.92 Å². The first-order valence-electron chi connectivity index (χ1n) is 13.7. The van der Waals surface area contributed by atoms with Gasteiger partial charge in [-0.15, -0.1) is 0 Å². The average molecular weight is 698 g/mol. The van der Waals surface area contributed by atoms with Crippen LogP contribution in [-0.2, 0) is 29.6 Å². The van der Waals surface area contributed by atoms with Gasteiger partial charge in [0.2, 0.25) is 21.5 Å². The molecule has 3 rings (SSSR count). The molecule has 18 heteroatoms. The largest absolute Gasteiger partial charge is 0.494 e. The quantitative estimate of drug-likeness (QED) is 0.346. The Morgan fingerprint density at radius 3 is 2.24 bits per heavy atom. The Morgan fingerprint density at radius 2 is 1.67 bits per heavy atom. The number of alkyl halides is 3. The van der Waals surface area contributed by atoms with Crippen LogP contribution in [0.4, 0.5) is 33.7 Å². The van der Waals surface area contributed by atoms with Gasteiger partial charge in [0.1, 0.15) is 11.9 Å². The van der Waals surface area contributed by atoms with E-state index in [1.807, 2.05) is 4.72 Å². The molecule has 256 valence electrons. The number of rotatable bonds is 9. The number of hydrogen-bond acceptors (Lipinski definition) is 9. The van der Waals surface area contributed by atoms with Crippen molar-refractivity contribution in [1.29, 1.82) is 0 Å². The van der Waals surface area contributed by atoms with Crippen LogP contribution in [0.3, 0.4) is 0 Å². The molecule has 1 aliphatic rings. The van der Waals surface area contributed by atoms with Gasteiger partial charge in [-0.1, -0.05) is 6.92 Å². The Labute approximate surface area is 264 Å². The van der Waals surface area contributed by atoms with Gasteiger partial charge in [0.15, 0.2) is 11.6 Å². The van der Waals surface area contributed by atoms with Gasteiger partial charge in [0.25, 0.3) is 10.0 Å². The van der Waals surface area contributed by atoms with Crippen LogP contribution < -0.4 is 23.8 Å². The molecule has 1 aliphatic heterocycles. The zero-order valence-corrected chi connectivity index (χ0v) is 27.6. The lowest BCUT2D eigenvalue weighted by atomic mass is 10.0. The Balaban J connectivity index is 1.99. The van der Waals surface area contributed by atoms with Crippen molar-refractivity contribution in [3.05, 3.63) is 42.2 Å². The van der Waals surface area contributed by atoms with Crippen molar-refractivity contribution in [3.8, 4) is 11.5 Å². The maximum Gasteiger partial charge on any atom is 0.427 e. The minimum absolute atomic E-state index is 0.0571. The molecule has 0 saturated heterocycles. The number of halogens is 4. The molecule has 0 radical (unpaired) electrons. The number of carbonyl (C=O) groups excluding carboxylic acids is 2. The molecule has 46 heavy (non-hydrogen) atoms. The highest BCUT2D eigenvalue weighted by Gasteiger charge is 2.51. The minimum Gasteiger partial charge on any atom is -0.494 e. The molecule has 2 N–H and O–H groups in total. The Kier molecular flexibility index (Phi) is 10.2. The van der Waals surface area contributed by atoms with E-state index in [1.54, 1.807) is 0 Å². The van der Waals surface area contributed by atoms with Gasteiger partial charge in [0, 0.05) is 17.7 Å². The monoisotopic (exact) mass is 697 g/mol. The van der Waals surface area contributed by atoms with E-state index in [2.05, 4.69) is 10.1 Å². The van der Waals surface area contributed by atoms with Crippen molar-refractivity contribution >= 4 is 43.4 Å². The Bertz CT molecular complexity index is 1710. The second-order valence-electron chi connectivity index (χ2n) is 12.0. The van der Waals surface area contributed by atoms with E-state index in [-0.39, 0.29) is 29.3 Å². The van der Waals surface area contributed by atoms with Crippen LogP contribution in [0.1, 0.15) is 48.0 Å². The second-order valence-corrected chi connectivity index (χ2v) is 16.3. The summed E-state index contributed by atoms with van der Waals surface area (Å²) in [4.78, 5) is 24.7. The highest BCUT2D eigenvalue weighted by molar-refractivity contribution is 7.93. The Hall–Kier alpha value is -3.80. The molecule has 2 aromatic carbocycles. The molecule has 0 unspecified atom stereocenters. The van der Waals surface area contributed by atoms with Crippen LogP contribution in [0.25, 0.3) is 0 Å². The van der Waals surface area contributed by atoms with Crippen LogP contribution >= 0.6 is 0 Å². The zero-order chi connectivity index (χ0) is 35.0. The molecule has 2 aromatic rings. The first-order valence-corrected chi connectivity index (χ1v) is 16.6. The van der Waals surface area contributed by atoms with Crippen molar-refractivity contribution in [2.45, 2.75) is 75.5 Å². The summed E-state index contributed by atoms with van der Waals surface area (Å²) < 4.78 is 124. The maximum atomic E-state index is 14.1. The number of methoxy groups -OCH3 is 1. The van der Waals surface area contributed by atoms with E-state index in [0.29, 0.717) is 13.8 Å². The lowest BCUT2D eigenvalue weighted by Gasteiger charge is -2.36. The van der Waals surface area contributed by atoms with E-state index in [4.69, 9.17) is 9.47 Å². The second kappa shape index (κ2) is 12.8. The van der Waals surface area contributed by atoms with Crippen molar-refractivity contribution in [1.82, 2.24) is 4.72 Å². The number of ether oxygens (including phenoxy) is 3. The topological polar surface area (TPSA) is 157 Å². The molecular weight excluding hydrogens is 662 g/mol. The number of amides is 2. The molecule has 2 atom stereocenters. The maximum absolute atomic E-state index is 14.1. The molecule has 0 spiro atoms. The van der Waals surface area contributed by atoms with Gasteiger partial charge >= 0.3 is 12.3 Å². The highest BCUT2D eigenvalue weighted by atomic mass is 32.2. The van der Waals surface area contributed by atoms with Gasteiger partial charge in [-0.05, 0) is 71.4 Å². The molecule has 0 bridgehead atoms. The first-order chi connectivity index (χ1) is 20.9. The normalized spacial score (nSPS) is 16.5. The minimum atomic E-state index is -4.88. The van der Waals surface area contributed by atoms with Crippen molar-refractivity contribution in [3.63, 3.8) is 0 Å². The lowest BCUT2D eigenvalue weighted by molar-refractivity contribution is -0.242. The summed E-state index contributed by atoms with van der Waals surface area (Å²) in [6, 6.07) is 6.40. The van der Waals surface area contributed by atoms with Gasteiger partial charge in [-0.3, -0.25) is 19.1 Å². The molecule has 0 aliphatic carbocycles. The fourth-order valence-electron chi connectivity index (χ4n) is 3.99. The fraction of sp³-hybridized carbons (Fsp3) is 0.500. The predicted molar refractivity (Wildman–Crippen MR) is 159 cm³/mol. The van der Waals surface area contributed by atoms with E-state index < -0.39 is 77.9 Å². The van der Waals surface area contributed by atoms with Gasteiger partial charge < -0.3 is 14.2 Å². The highest BCUT2D eigenvalue weighted by Crippen LogP contribution is 2.41. The number of nitrogens with zero attached hydrogens (tertiary/aromatic N) is 1. The summed E-state index contributed by atoms with van der Waals surface area (Å²) in [5.41, 5.74) is -3.14. The summed E-state index contributed by atoms with van der Waals surface area (Å²) in [6.45, 7) is 6.51. The van der Waals surface area contributed by atoms with E-state index in [1.165, 1.54) is 39.8 Å². The van der Waals surface area contributed by atoms with Crippen LogP contribution in [0.2, 0.25) is 0 Å². The Morgan fingerprint density at radius 1 is 1.04 bits per heavy atom. The number of sulfonamides is 2. The number of benzene rings is 2. The summed E-state index contributed by atoms with van der Waals surface area (Å²) >= 11 is 0. The standard InChI is InChI=1S/C28H35F4N3O9S2/c1-16(24(36)34-46(40,41)26(2,3)4)12-18-15-35(45(38,39)19-9-10-20(29)23(14-19)42-7)21-13-17(8-11-22(21)43-18)33-25(37)44-27(5,6)28(30,31)32/h8-11,13-14,16,18H,12,15H2,1-7H3,(H,33,37)(H,34,36)/t16-,18-/m0/s1. The number of carbonyl (C=O) groups is 2. The first kappa shape index (κ1) is 36.7. The van der Waals surface area contributed by atoms with Crippen LogP contribution in [0.5, 0.6) is 11.5 Å². The number of nitrogens with one attached hydrogen (secondary N) is 2. The summed E-state index contributed by atoms with van der Waals surface area (Å²) in [5.74, 6) is -3.09. The molecule has 1 heterocycles. The van der Waals surface area contributed by atoms with Gasteiger partial charge in [0.05, 0.1) is 29.0 Å². The smallest absolute Gasteiger partial charge is 0.427 e. The SMILES string of the molecule is COc1cc(S(=O)(=O)N2C[C@H](C[C@H](C)C(=O)NS(=O)(=O)C(C)(C)C)Oc3ccc(NC(=O)OC(C)(C)C(F)(F)F)cc32)ccc1F. The van der Waals surface area contributed by atoms with Gasteiger partial charge in [-0.2, -0.15) is 13.2 Å².